The van der Waals surface area contributed by atoms with E-state index in [2.05, 4.69) is 30.5 Å². The summed E-state index contributed by atoms with van der Waals surface area (Å²) in [4.78, 5) is 13.2. The van der Waals surface area contributed by atoms with Gasteiger partial charge in [-0.1, -0.05) is 48.6 Å². The quantitative estimate of drug-likeness (QED) is 0.735. The van der Waals surface area contributed by atoms with Crippen LogP contribution in [0.15, 0.2) is 55.1 Å². The van der Waals surface area contributed by atoms with Crippen LogP contribution in [-0.2, 0) is 4.79 Å². The molecule has 1 aromatic carbocycles. The van der Waals surface area contributed by atoms with Gasteiger partial charge in [0, 0.05) is 18.6 Å². The van der Waals surface area contributed by atoms with E-state index >= 15 is 0 Å². The van der Waals surface area contributed by atoms with Gasteiger partial charge in [-0.3, -0.25) is 9.69 Å². The van der Waals surface area contributed by atoms with E-state index in [9.17, 15) is 4.79 Å². The number of carboxylic acid groups (broad SMARTS) is 1. The lowest BCUT2D eigenvalue weighted by Gasteiger charge is -2.34. The number of rotatable bonds is 8. The number of carboxylic acids is 1. The fraction of sp³-hybridized carbons (Fsp3) is 0.353. The number of hydrogen-bond donors (Lipinski definition) is 1. The average Bonchev–Trinajstić information content (AvgIpc) is 2.44. The van der Waals surface area contributed by atoms with Crippen LogP contribution in [0.4, 0.5) is 0 Å². The van der Waals surface area contributed by atoms with E-state index in [4.69, 9.17) is 5.11 Å². The van der Waals surface area contributed by atoms with Crippen molar-refractivity contribution in [2.24, 2.45) is 0 Å². The molecule has 0 aliphatic rings. The van der Waals surface area contributed by atoms with Crippen molar-refractivity contribution in [2.45, 2.75) is 32.4 Å². The summed E-state index contributed by atoms with van der Waals surface area (Å²) >= 11 is 0. The molecule has 3 nitrogen and oxygen atoms in total. The zero-order valence-electron chi connectivity index (χ0n) is 12.2. The lowest BCUT2D eigenvalue weighted by atomic mass is 10.0. The SMILES string of the molecule is C=CCN(C(/C=C/C)CC(=O)O)C(C)c1ccccc1. The Morgan fingerprint density at radius 2 is 2.05 bits per heavy atom. The van der Waals surface area contributed by atoms with Crippen molar-refractivity contribution in [1.82, 2.24) is 4.90 Å². The number of nitrogens with zero attached hydrogens (tertiary/aromatic N) is 1. The fourth-order valence-electron chi connectivity index (χ4n) is 2.35. The molecule has 1 N–H and O–H groups in total. The van der Waals surface area contributed by atoms with Crippen LogP contribution in [0.2, 0.25) is 0 Å². The highest BCUT2D eigenvalue weighted by Gasteiger charge is 2.23. The van der Waals surface area contributed by atoms with E-state index in [1.54, 1.807) is 0 Å². The van der Waals surface area contributed by atoms with Gasteiger partial charge in [0.05, 0.1) is 6.42 Å². The Balaban J connectivity index is 3.00. The lowest BCUT2D eigenvalue weighted by Crippen LogP contribution is -2.37. The summed E-state index contributed by atoms with van der Waals surface area (Å²) in [6.07, 6.45) is 5.76. The molecule has 0 heterocycles. The Morgan fingerprint density at radius 3 is 2.55 bits per heavy atom. The first-order chi connectivity index (χ1) is 9.60. The summed E-state index contributed by atoms with van der Waals surface area (Å²) in [6.45, 7) is 8.44. The van der Waals surface area contributed by atoms with Crippen LogP contribution in [-0.4, -0.2) is 28.6 Å². The standard InChI is InChI=1S/C17H23NO2/c1-4-9-16(13-17(19)20)18(12-5-2)14(3)15-10-7-6-8-11-15/h4-11,14,16H,2,12-13H2,1,3H3,(H,19,20)/b9-4+. The van der Waals surface area contributed by atoms with Gasteiger partial charge in [0.2, 0.25) is 0 Å². The van der Waals surface area contributed by atoms with Crippen molar-refractivity contribution in [2.75, 3.05) is 6.54 Å². The molecule has 0 radical (unpaired) electrons. The molecule has 1 aromatic rings. The summed E-state index contributed by atoms with van der Waals surface area (Å²) in [5.41, 5.74) is 1.18. The molecule has 0 saturated carbocycles. The van der Waals surface area contributed by atoms with Crippen molar-refractivity contribution >= 4 is 5.97 Å². The number of carbonyl (C=O) groups is 1. The molecule has 2 atom stereocenters. The fourth-order valence-corrected chi connectivity index (χ4v) is 2.35. The zero-order chi connectivity index (χ0) is 15.0. The molecule has 0 saturated heterocycles. The van der Waals surface area contributed by atoms with Gasteiger partial charge in [0.1, 0.15) is 0 Å². The Bertz CT molecular complexity index is 453. The molecule has 0 aliphatic heterocycles. The second kappa shape index (κ2) is 8.33. The highest BCUT2D eigenvalue weighted by Crippen LogP contribution is 2.24. The minimum Gasteiger partial charge on any atom is -0.481 e. The van der Waals surface area contributed by atoms with Gasteiger partial charge in [-0.25, -0.2) is 0 Å². The maximum absolute atomic E-state index is 11.1. The molecule has 0 amide bonds. The van der Waals surface area contributed by atoms with E-state index in [1.807, 2.05) is 43.4 Å². The van der Waals surface area contributed by atoms with Gasteiger partial charge >= 0.3 is 5.97 Å². The van der Waals surface area contributed by atoms with Gasteiger partial charge in [-0.15, -0.1) is 6.58 Å². The predicted molar refractivity (Wildman–Crippen MR) is 82.6 cm³/mol. The maximum Gasteiger partial charge on any atom is 0.305 e. The summed E-state index contributed by atoms with van der Waals surface area (Å²) in [5.74, 6) is -0.789. The molecule has 0 spiro atoms. The molecule has 108 valence electrons. The van der Waals surface area contributed by atoms with Crippen molar-refractivity contribution in [3.05, 3.63) is 60.7 Å². The molecule has 1 rings (SSSR count). The first-order valence-electron chi connectivity index (χ1n) is 6.86. The number of benzene rings is 1. The summed E-state index contributed by atoms with van der Waals surface area (Å²) in [7, 11) is 0. The van der Waals surface area contributed by atoms with Crippen LogP contribution in [0.3, 0.4) is 0 Å². The normalized spacial score (nSPS) is 14.3. The summed E-state index contributed by atoms with van der Waals surface area (Å²) < 4.78 is 0. The second-order valence-corrected chi connectivity index (χ2v) is 4.76. The molecule has 0 fully saturated rings. The molecular formula is C17H23NO2. The third kappa shape index (κ3) is 4.67. The first-order valence-corrected chi connectivity index (χ1v) is 6.86. The second-order valence-electron chi connectivity index (χ2n) is 4.76. The van der Waals surface area contributed by atoms with Gasteiger partial charge in [0.25, 0.3) is 0 Å². The van der Waals surface area contributed by atoms with Crippen LogP contribution in [0.1, 0.15) is 31.9 Å². The van der Waals surface area contributed by atoms with E-state index in [1.165, 1.54) is 5.56 Å². The maximum atomic E-state index is 11.1. The van der Waals surface area contributed by atoms with Crippen LogP contribution in [0.25, 0.3) is 0 Å². The Morgan fingerprint density at radius 1 is 1.40 bits per heavy atom. The van der Waals surface area contributed by atoms with Gasteiger partial charge < -0.3 is 5.11 Å². The van der Waals surface area contributed by atoms with Crippen LogP contribution < -0.4 is 0 Å². The molecule has 2 unspecified atom stereocenters. The third-order valence-electron chi connectivity index (χ3n) is 3.34. The molecule has 0 aromatic heterocycles. The molecule has 0 aliphatic carbocycles. The number of allylic oxidation sites excluding steroid dienone is 1. The van der Waals surface area contributed by atoms with E-state index in [-0.39, 0.29) is 18.5 Å². The predicted octanol–water partition coefficient (Wildman–Crippen LogP) is 3.66. The van der Waals surface area contributed by atoms with Crippen LogP contribution in [0, 0.1) is 0 Å². The number of aliphatic carboxylic acids is 1. The highest BCUT2D eigenvalue weighted by molar-refractivity contribution is 5.68. The Kier molecular flexibility index (Phi) is 6.74. The average molecular weight is 273 g/mol. The Hall–Kier alpha value is -1.87. The minimum absolute atomic E-state index is 0.0926. The number of hydrogen-bond acceptors (Lipinski definition) is 2. The van der Waals surface area contributed by atoms with E-state index in [0.29, 0.717) is 6.54 Å². The van der Waals surface area contributed by atoms with E-state index in [0.717, 1.165) is 0 Å². The van der Waals surface area contributed by atoms with Crippen molar-refractivity contribution in [3.63, 3.8) is 0 Å². The smallest absolute Gasteiger partial charge is 0.305 e. The summed E-state index contributed by atoms with van der Waals surface area (Å²) in [5, 5.41) is 9.09. The van der Waals surface area contributed by atoms with Crippen molar-refractivity contribution in [1.29, 1.82) is 0 Å². The van der Waals surface area contributed by atoms with Crippen molar-refractivity contribution in [3.8, 4) is 0 Å². The van der Waals surface area contributed by atoms with Gasteiger partial charge in [0.15, 0.2) is 0 Å². The van der Waals surface area contributed by atoms with Gasteiger partial charge in [-0.05, 0) is 19.4 Å². The lowest BCUT2D eigenvalue weighted by molar-refractivity contribution is -0.138. The molecule has 0 bridgehead atoms. The molecular weight excluding hydrogens is 250 g/mol. The van der Waals surface area contributed by atoms with Crippen LogP contribution in [0.5, 0.6) is 0 Å². The highest BCUT2D eigenvalue weighted by atomic mass is 16.4. The van der Waals surface area contributed by atoms with Crippen LogP contribution >= 0.6 is 0 Å². The zero-order valence-corrected chi connectivity index (χ0v) is 12.2. The third-order valence-corrected chi connectivity index (χ3v) is 3.34. The Labute approximate surface area is 121 Å². The minimum atomic E-state index is -0.789. The van der Waals surface area contributed by atoms with Gasteiger partial charge in [-0.2, -0.15) is 0 Å². The largest absolute Gasteiger partial charge is 0.481 e. The monoisotopic (exact) mass is 273 g/mol. The topological polar surface area (TPSA) is 40.5 Å². The molecule has 3 heteroatoms. The van der Waals surface area contributed by atoms with E-state index < -0.39 is 5.97 Å². The first kappa shape index (κ1) is 16.2. The molecule has 20 heavy (non-hydrogen) atoms. The summed E-state index contributed by atoms with van der Waals surface area (Å²) in [6, 6.07) is 10.1. The van der Waals surface area contributed by atoms with Crippen molar-refractivity contribution < 1.29 is 9.90 Å².